The maximum Gasteiger partial charge on any atom is 0.416 e. The Kier molecular flexibility index (Phi) is 6.65. The normalized spacial score (nSPS) is 14.2. The Balaban J connectivity index is 0.000000151. The van der Waals surface area contributed by atoms with E-state index in [4.69, 9.17) is 0 Å². The van der Waals surface area contributed by atoms with Crippen LogP contribution in [-0.2, 0) is 25.7 Å². The van der Waals surface area contributed by atoms with Crippen LogP contribution in [0.25, 0.3) is 21.8 Å². The molecule has 4 nitrogen and oxygen atoms in total. The maximum absolute atomic E-state index is 13.9. The second-order valence-electron chi connectivity index (χ2n) is 10.8. The molecule has 2 aliphatic rings. The van der Waals surface area contributed by atoms with Crippen LogP contribution < -0.4 is 0 Å². The summed E-state index contributed by atoms with van der Waals surface area (Å²) in [6.45, 7) is 0.764. The molecule has 0 amide bonds. The quantitative estimate of drug-likeness (QED) is 0.136. The van der Waals surface area contributed by atoms with E-state index in [-0.39, 0.29) is 24.2 Å². The standard InChI is InChI=1S/C18H11F6N2.C16H12FN2/c19-17(20,21)13-6-14(18(22,23)24)8-15(7-13)26-9-12-3-1-2-11-4-5-25(10-26)16(11)12;17-14-6-1-2-7-15(14)19-10-13-5-3-4-12-8-9-18(11-19)16(12)13/h1-9H,10H2;1-10H,11H2/q2*+1. The molecule has 0 saturated carbocycles. The van der Waals surface area contributed by atoms with E-state index in [1.165, 1.54) is 21.5 Å². The third-order valence-corrected chi connectivity index (χ3v) is 7.90. The number of nitrogens with zero attached hydrogens (tertiary/aromatic N) is 4. The minimum atomic E-state index is -4.87. The summed E-state index contributed by atoms with van der Waals surface area (Å²) in [5.41, 5.74) is 1.76. The predicted molar refractivity (Wildman–Crippen MR) is 157 cm³/mol. The molecule has 4 aromatic carbocycles. The van der Waals surface area contributed by atoms with E-state index in [9.17, 15) is 30.7 Å². The van der Waals surface area contributed by atoms with Crippen LogP contribution in [-0.4, -0.2) is 30.7 Å². The molecule has 6 aromatic rings. The lowest BCUT2D eigenvalue weighted by Crippen LogP contribution is -2.20. The molecule has 0 spiro atoms. The molecule has 0 aliphatic carbocycles. The lowest BCUT2D eigenvalue weighted by Gasteiger charge is -2.16. The fourth-order valence-corrected chi connectivity index (χ4v) is 5.86. The van der Waals surface area contributed by atoms with Crippen molar-refractivity contribution in [1.82, 2.24) is 9.13 Å². The number of halogens is 7. The molecular formula is C34H23F7N4+2. The Morgan fingerprint density at radius 2 is 1.07 bits per heavy atom. The van der Waals surface area contributed by atoms with Crippen LogP contribution in [0.1, 0.15) is 22.3 Å². The number of benzene rings is 4. The van der Waals surface area contributed by atoms with Crippen molar-refractivity contribution < 1.29 is 39.9 Å². The maximum atomic E-state index is 13.9. The van der Waals surface area contributed by atoms with Gasteiger partial charge in [-0.1, -0.05) is 36.4 Å². The van der Waals surface area contributed by atoms with Gasteiger partial charge in [-0.3, -0.25) is 9.13 Å². The minimum absolute atomic E-state index is 0.124. The number of aromatic nitrogens is 2. The highest BCUT2D eigenvalue weighted by Crippen LogP contribution is 2.39. The van der Waals surface area contributed by atoms with Crippen molar-refractivity contribution in [3.8, 4) is 0 Å². The Labute approximate surface area is 251 Å². The third-order valence-electron chi connectivity index (χ3n) is 7.90. The summed E-state index contributed by atoms with van der Waals surface area (Å²) >= 11 is 0. The smallest absolute Gasteiger partial charge is 0.291 e. The van der Waals surface area contributed by atoms with Crippen LogP contribution in [0.15, 0.2) is 103 Å². The first-order valence-corrected chi connectivity index (χ1v) is 13.9. The van der Waals surface area contributed by atoms with Gasteiger partial charge >= 0.3 is 12.4 Å². The van der Waals surface area contributed by atoms with Gasteiger partial charge in [-0.25, -0.2) is 0 Å². The van der Waals surface area contributed by atoms with Gasteiger partial charge in [0.25, 0.3) is 0 Å². The first-order chi connectivity index (χ1) is 21.5. The molecule has 8 rings (SSSR count). The lowest BCUT2D eigenvalue weighted by atomic mass is 10.1. The Hall–Kier alpha value is -5.19. The Morgan fingerprint density at radius 1 is 0.556 bits per heavy atom. The zero-order valence-electron chi connectivity index (χ0n) is 23.3. The summed E-state index contributed by atoms with van der Waals surface area (Å²) in [6, 6.07) is 24.1. The van der Waals surface area contributed by atoms with Crippen molar-refractivity contribution in [2.45, 2.75) is 25.7 Å². The summed E-state index contributed by atoms with van der Waals surface area (Å²) in [7, 11) is 0. The first kappa shape index (κ1) is 28.6. The molecule has 0 N–H and O–H groups in total. The van der Waals surface area contributed by atoms with Crippen molar-refractivity contribution in [2.75, 3.05) is 0 Å². The molecule has 11 heteroatoms. The van der Waals surface area contributed by atoms with E-state index in [1.54, 1.807) is 41.2 Å². The molecule has 0 bridgehead atoms. The monoisotopic (exact) mass is 620 g/mol. The average molecular weight is 621 g/mol. The molecule has 0 radical (unpaired) electrons. The molecule has 0 fully saturated rings. The highest BCUT2D eigenvalue weighted by atomic mass is 19.4. The molecule has 0 atom stereocenters. The Morgan fingerprint density at radius 3 is 1.60 bits per heavy atom. The van der Waals surface area contributed by atoms with Gasteiger partial charge in [0.05, 0.1) is 33.3 Å². The van der Waals surface area contributed by atoms with Crippen molar-refractivity contribution in [3.63, 3.8) is 0 Å². The van der Waals surface area contributed by atoms with Gasteiger partial charge in [0, 0.05) is 41.4 Å². The second-order valence-corrected chi connectivity index (χ2v) is 10.8. The van der Waals surface area contributed by atoms with Gasteiger partial charge in [0.2, 0.25) is 24.7 Å². The predicted octanol–water partition coefficient (Wildman–Crippen LogP) is 8.93. The van der Waals surface area contributed by atoms with Crippen molar-refractivity contribution in [1.29, 1.82) is 0 Å². The molecule has 0 unspecified atom stereocenters. The van der Waals surface area contributed by atoms with E-state index in [0.717, 1.165) is 34.2 Å². The number of hydrogen-bond acceptors (Lipinski definition) is 0. The molecule has 0 saturated heterocycles. The highest BCUT2D eigenvalue weighted by Gasteiger charge is 2.38. The number of alkyl halides is 6. The number of hydrogen-bond donors (Lipinski definition) is 0. The van der Waals surface area contributed by atoms with E-state index in [2.05, 4.69) is 29.0 Å². The SMILES string of the molecule is FC(F)(F)c1cc([N+]2=Cc3cccc4ccn(c34)C2)cc(C(F)(F)F)c1.Fc1ccccc1[N+]1=Cc2cccc3ccn(c23)C1. The largest absolute Gasteiger partial charge is 0.416 e. The summed E-state index contributed by atoms with van der Waals surface area (Å²) in [5.74, 6) is -0.193. The van der Waals surface area contributed by atoms with Gasteiger partial charge in [0.15, 0.2) is 18.2 Å². The first-order valence-electron chi connectivity index (χ1n) is 13.9. The third kappa shape index (κ3) is 5.28. The fraction of sp³-hybridized carbons (Fsp3) is 0.118. The van der Waals surface area contributed by atoms with E-state index in [0.29, 0.717) is 12.4 Å². The van der Waals surface area contributed by atoms with Gasteiger partial charge in [-0.15, -0.1) is 0 Å². The number of para-hydroxylation sites is 3. The van der Waals surface area contributed by atoms with Crippen LogP contribution in [0.4, 0.5) is 42.1 Å². The van der Waals surface area contributed by atoms with Crippen LogP contribution in [0, 0.1) is 5.82 Å². The molecule has 4 heterocycles. The van der Waals surface area contributed by atoms with Crippen molar-refractivity contribution in [3.05, 3.63) is 131 Å². The van der Waals surface area contributed by atoms with E-state index in [1.807, 2.05) is 35.1 Å². The summed E-state index contributed by atoms with van der Waals surface area (Å²) < 4.78 is 99.6. The molecule has 2 aliphatic heterocycles. The van der Waals surface area contributed by atoms with Gasteiger partial charge in [-0.05, 0) is 36.4 Å². The fourth-order valence-electron chi connectivity index (χ4n) is 5.86. The van der Waals surface area contributed by atoms with Crippen LogP contribution in [0.3, 0.4) is 0 Å². The van der Waals surface area contributed by atoms with E-state index >= 15 is 0 Å². The summed E-state index contributed by atoms with van der Waals surface area (Å²) in [6.07, 6.45) is -2.35. The topological polar surface area (TPSA) is 15.9 Å². The van der Waals surface area contributed by atoms with Crippen LogP contribution in [0.2, 0.25) is 0 Å². The van der Waals surface area contributed by atoms with Crippen LogP contribution in [0.5, 0.6) is 0 Å². The van der Waals surface area contributed by atoms with Crippen molar-refractivity contribution >= 4 is 45.6 Å². The Bertz CT molecular complexity index is 2130. The molecular weight excluding hydrogens is 597 g/mol. The van der Waals surface area contributed by atoms with Gasteiger partial charge < -0.3 is 0 Å². The highest BCUT2D eigenvalue weighted by molar-refractivity contribution is 5.98. The van der Waals surface area contributed by atoms with Crippen molar-refractivity contribution in [2.24, 2.45) is 0 Å². The zero-order valence-corrected chi connectivity index (χ0v) is 23.3. The second kappa shape index (κ2) is 10.5. The molecule has 226 valence electrons. The number of rotatable bonds is 2. The summed E-state index contributed by atoms with van der Waals surface area (Å²) in [5, 5.41) is 2.18. The average Bonchev–Trinajstić information content (AvgIpc) is 3.63. The minimum Gasteiger partial charge on any atom is -0.291 e. The van der Waals surface area contributed by atoms with Crippen LogP contribution >= 0.6 is 0 Å². The summed E-state index contributed by atoms with van der Waals surface area (Å²) in [4.78, 5) is 0. The van der Waals surface area contributed by atoms with Gasteiger partial charge in [-0.2, -0.15) is 39.9 Å². The van der Waals surface area contributed by atoms with E-state index < -0.39 is 23.5 Å². The zero-order chi connectivity index (χ0) is 31.5. The molecule has 45 heavy (non-hydrogen) atoms. The lowest BCUT2D eigenvalue weighted by molar-refractivity contribution is -0.473. The van der Waals surface area contributed by atoms with Gasteiger partial charge in [0.1, 0.15) is 0 Å². The molecule has 2 aromatic heterocycles.